The van der Waals surface area contributed by atoms with Crippen LogP contribution in [0.2, 0.25) is 0 Å². The maximum Gasteiger partial charge on any atom is 0.319 e. The predicted molar refractivity (Wildman–Crippen MR) is 128 cm³/mol. The standard InChI is InChI=1S/C26H35F2N3O2/c1-5-6-13-29-23(32)17-30-25(33)31-24-20(14-21(27)15-22(24)28)12-11-18-7-9-19(10-8-18)16-26(2,3)4/h7-10,14-15H,5-6,11-13,16-17H2,1-4H3,(H,29,32)(H2,30,31,33). The number of nitrogens with one attached hydrogen (secondary N) is 3. The first-order valence-corrected chi connectivity index (χ1v) is 11.4. The minimum absolute atomic E-state index is 0.0790. The van der Waals surface area contributed by atoms with Gasteiger partial charge in [-0.25, -0.2) is 13.6 Å². The quantitative estimate of drug-likeness (QED) is 0.418. The highest BCUT2D eigenvalue weighted by molar-refractivity contribution is 5.93. The summed E-state index contributed by atoms with van der Waals surface area (Å²) in [6.45, 7) is 8.87. The van der Waals surface area contributed by atoms with Crippen LogP contribution in [0.3, 0.4) is 0 Å². The Hall–Kier alpha value is -2.96. The first kappa shape index (κ1) is 26.3. The highest BCUT2D eigenvalue weighted by Crippen LogP contribution is 2.24. The molecule has 0 aromatic heterocycles. The number of benzene rings is 2. The van der Waals surface area contributed by atoms with Crippen molar-refractivity contribution < 1.29 is 18.4 Å². The molecule has 0 saturated heterocycles. The summed E-state index contributed by atoms with van der Waals surface area (Å²) < 4.78 is 28.3. The van der Waals surface area contributed by atoms with Crippen molar-refractivity contribution in [3.05, 3.63) is 64.7 Å². The van der Waals surface area contributed by atoms with E-state index in [0.717, 1.165) is 30.9 Å². The summed E-state index contributed by atoms with van der Waals surface area (Å²) in [7, 11) is 0. The van der Waals surface area contributed by atoms with Crippen LogP contribution in [0.15, 0.2) is 36.4 Å². The SMILES string of the molecule is CCCCNC(=O)CNC(=O)Nc1c(F)cc(F)cc1CCc1ccc(CC(C)(C)C)cc1. The summed E-state index contributed by atoms with van der Waals surface area (Å²) in [6.07, 6.45) is 3.67. The molecule has 0 aliphatic carbocycles. The lowest BCUT2D eigenvalue weighted by Gasteiger charge is -2.18. The molecule has 0 radical (unpaired) electrons. The third-order valence-electron chi connectivity index (χ3n) is 5.08. The summed E-state index contributed by atoms with van der Waals surface area (Å²) in [5.74, 6) is -1.88. The van der Waals surface area contributed by atoms with Gasteiger partial charge in [-0.15, -0.1) is 0 Å². The number of carbonyl (C=O) groups excluding carboxylic acids is 2. The zero-order valence-corrected chi connectivity index (χ0v) is 20.0. The largest absolute Gasteiger partial charge is 0.355 e. The fourth-order valence-electron chi connectivity index (χ4n) is 3.46. The first-order chi connectivity index (χ1) is 15.6. The van der Waals surface area contributed by atoms with E-state index in [1.165, 1.54) is 11.6 Å². The van der Waals surface area contributed by atoms with Crippen LogP contribution in [0.1, 0.15) is 57.2 Å². The molecular formula is C26H35F2N3O2. The Morgan fingerprint density at radius 2 is 1.61 bits per heavy atom. The van der Waals surface area contributed by atoms with E-state index < -0.39 is 17.7 Å². The van der Waals surface area contributed by atoms with E-state index in [0.29, 0.717) is 24.9 Å². The Morgan fingerprint density at radius 3 is 2.24 bits per heavy atom. The number of hydrogen-bond acceptors (Lipinski definition) is 2. The lowest BCUT2D eigenvalue weighted by atomic mass is 9.88. The van der Waals surface area contributed by atoms with Crippen molar-refractivity contribution in [1.29, 1.82) is 0 Å². The molecule has 3 amide bonds. The molecule has 0 bridgehead atoms. The van der Waals surface area contributed by atoms with E-state index in [-0.39, 0.29) is 23.6 Å². The normalized spacial score (nSPS) is 11.2. The molecule has 0 spiro atoms. The van der Waals surface area contributed by atoms with Gasteiger partial charge in [0.25, 0.3) is 0 Å². The second kappa shape index (κ2) is 12.3. The van der Waals surface area contributed by atoms with E-state index >= 15 is 0 Å². The number of hydrogen-bond donors (Lipinski definition) is 3. The molecule has 2 aromatic rings. The van der Waals surface area contributed by atoms with E-state index in [1.54, 1.807) is 0 Å². The van der Waals surface area contributed by atoms with Crippen LogP contribution in [-0.4, -0.2) is 25.0 Å². The molecule has 0 aliphatic rings. The number of amides is 3. The number of rotatable bonds is 10. The van der Waals surface area contributed by atoms with Crippen molar-refractivity contribution in [1.82, 2.24) is 10.6 Å². The van der Waals surface area contributed by atoms with Gasteiger partial charge in [0.1, 0.15) is 11.6 Å². The number of carbonyl (C=O) groups is 2. The monoisotopic (exact) mass is 459 g/mol. The van der Waals surface area contributed by atoms with Crippen molar-refractivity contribution in [3.8, 4) is 0 Å². The Morgan fingerprint density at radius 1 is 0.939 bits per heavy atom. The van der Waals surface area contributed by atoms with Crippen molar-refractivity contribution in [2.75, 3.05) is 18.4 Å². The van der Waals surface area contributed by atoms with Crippen LogP contribution >= 0.6 is 0 Å². The number of halogens is 2. The van der Waals surface area contributed by atoms with Crippen molar-refractivity contribution in [2.45, 2.75) is 59.8 Å². The maximum absolute atomic E-state index is 14.5. The third-order valence-corrected chi connectivity index (χ3v) is 5.08. The van der Waals surface area contributed by atoms with Crippen LogP contribution < -0.4 is 16.0 Å². The molecule has 0 unspecified atom stereocenters. The Balaban J connectivity index is 1.99. The van der Waals surface area contributed by atoms with Crippen LogP contribution in [-0.2, 0) is 24.1 Å². The topological polar surface area (TPSA) is 70.2 Å². The predicted octanol–water partition coefficient (Wildman–Crippen LogP) is 5.38. The average Bonchev–Trinajstić information content (AvgIpc) is 2.73. The van der Waals surface area contributed by atoms with E-state index in [1.807, 2.05) is 19.1 Å². The number of urea groups is 1. The molecular weight excluding hydrogens is 424 g/mol. The van der Waals surface area contributed by atoms with Crippen LogP contribution in [0, 0.1) is 17.0 Å². The molecule has 7 heteroatoms. The van der Waals surface area contributed by atoms with Gasteiger partial charge in [0, 0.05) is 12.6 Å². The first-order valence-electron chi connectivity index (χ1n) is 11.4. The minimum Gasteiger partial charge on any atom is -0.355 e. The van der Waals surface area contributed by atoms with Gasteiger partial charge in [0.2, 0.25) is 5.91 Å². The second-order valence-corrected chi connectivity index (χ2v) is 9.49. The van der Waals surface area contributed by atoms with Crippen molar-refractivity contribution in [3.63, 3.8) is 0 Å². The zero-order valence-electron chi connectivity index (χ0n) is 20.0. The smallest absolute Gasteiger partial charge is 0.319 e. The summed E-state index contributed by atoms with van der Waals surface area (Å²) in [6, 6.07) is 9.43. The van der Waals surface area contributed by atoms with E-state index in [9.17, 15) is 18.4 Å². The molecule has 5 nitrogen and oxygen atoms in total. The molecule has 0 saturated carbocycles. The molecule has 2 rings (SSSR count). The van der Waals surface area contributed by atoms with E-state index in [2.05, 4.69) is 48.9 Å². The summed E-state index contributed by atoms with van der Waals surface area (Å²) in [5, 5.41) is 7.51. The fraction of sp³-hybridized carbons (Fsp3) is 0.462. The van der Waals surface area contributed by atoms with E-state index in [4.69, 9.17) is 0 Å². The fourth-order valence-corrected chi connectivity index (χ4v) is 3.46. The Bertz CT molecular complexity index is 938. The molecule has 0 aliphatic heterocycles. The lowest BCUT2D eigenvalue weighted by molar-refractivity contribution is -0.120. The maximum atomic E-state index is 14.5. The summed E-state index contributed by atoms with van der Waals surface area (Å²) in [4.78, 5) is 23.9. The minimum atomic E-state index is -0.854. The van der Waals surface area contributed by atoms with Crippen LogP contribution in [0.5, 0.6) is 0 Å². The molecule has 0 heterocycles. The average molecular weight is 460 g/mol. The highest BCUT2D eigenvalue weighted by atomic mass is 19.1. The number of unbranched alkanes of at least 4 members (excludes halogenated alkanes) is 1. The van der Waals surface area contributed by atoms with Gasteiger partial charge in [0.15, 0.2) is 0 Å². The van der Waals surface area contributed by atoms with Crippen molar-refractivity contribution in [2.24, 2.45) is 5.41 Å². The van der Waals surface area contributed by atoms with Crippen LogP contribution in [0.25, 0.3) is 0 Å². The number of aryl methyl sites for hydroxylation is 2. The Kier molecular flexibility index (Phi) is 9.82. The summed E-state index contributed by atoms with van der Waals surface area (Å²) in [5.41, 5.74) is 2.74. The Labute approximate surface area is 195 Å². The third kappa shape index (κ3) is 9.60. The molecule has 180 valence electrons. The van der Waals surface area contributed by atoms with Gasteiger partial charge < -0.3 is 16.0 Å². The van der Waals surface area contributed by atoms with Gasteiger partial charge in [-0.1, -0.05) is 58.4 Å². The lowest BCUT2D eigenvalue weighted by Crippen LogP contribution is -2.39. The number of anilines is 1. The van der Waals surface area contributed by atoms with Gasteiger partial charge >= 0.3 is 6.03 Å². The molecule has 2 aromatic carbocycles. The zero-order chi connectivity index (χ0) is 24.4. The molecule has 0 fully saturated rings. The second-order valence-electron chi connectivity index (χ2n) is 9.49. The van der Waals surface area contributed by atoms with Gasteiger partial charge in [-0.3, -0.25) is 4.79 Å². The van der Waals surface area contributed by atoms with Crippen molar-refractivity contribution >= 4 is 17.6 Å². The van der Waals surface area contributed by atoms with Gasteiger partial charge in [0.05, 0.1) is 12.2 Å². The van der Waals surface area contributed by atoms with Gasteiger partial charge in [-0.2, -0.15) is 0 Å². The molecule has 33 heavy (non-hydrogen) atoms. The highest BCUT2D eigenvalue weighted by Gasteiger charge is 2.15. The van der Waals surface area contributed by atoms with Gasteiger partial charge in [-0.05, 0) is 53.9 Å². The summed E-state index contributed by atoms with van der Waals surface area (Å²) >= 11 is 0. The molecule has 0 atom stereocenters. The van der Waals surface area contributed by atoms with Crippen LogP contribution in [0.4, 0.5) is 19.3 Å². The molecule has 3 N–H and O–H groups in total.